The molecule has 0 bridgehead atoms. The standard InChI is InChI=1S/C15H21ClN2O2S/c1-10(21-4)5-6-18-12-8-14(20-3)13(19-2)7-11(12)17-15(18)9-16/h7-8,10H,5-6,9H2,1-4H3. The van der Waals surface area contributed by atoms with Crippen LogP contribution in [0.15, 0.2) is 12.1 Å². The largest absolute Gasteiger partial charge is 0.493 e. The van der Waals surface area contributed by atoms with Gasteiger partial charge < -0.3 is 14.0 Å². The lowest BCUT2D eigenvalue weighted by atomic mass is 10.2. The van der Waals surface area contributed by atoms with Crippen LogP contribution in [0.1, 0.15) is 19.2 Å². The Labute approximate surface area is 134 Å². The number of fused-ring (bicyclic) bond motifs is 1. The number of nitrogens with zero attached hydrogens (tertiary/aromatic N) is 2. The van der Waals surface area contributed by atoms with E-state index in [1.165, 1.54) is 0 Å². The molecule has 0 fully saturated rings. The summed E-state index contributed by atoms with van der Waals surface area (Å²) < 4.78 is 12.9. The van der Waals surface area contributed by atoms with Crippen molar-refractivity contribution < 1.29 is 9.47 Å². The summed E-state index contributed by atoms with van der Waals surface area (Å²) in [5.74, 6) is 2.68. The van der Waals surface area contributed by atoms with E-state index in [0.29, 0.717) is 22.6 Å². The van der Waals surface area contributed by atoms with E-state index in [1.807, 2.05) is 23.9 Å². The Morgan fingerprint density at radius 2 is 1.95 bits per heavy atom. The van der Waals surface area contributed by atoms with E-state index >= 15 is 0 Å². The first kappa shape index (κ1) is 16.3. The van der Waals surface area contributed by atoms with Crippen LogP contribution in [-0.4, -0.2) is 35.3 Å². The van der Waals surface area contributed by atoms with Crippen LogP contribution in [0.25, 0.3) is 11.0 Å². The highest BCUT2D eigenvalue weighted by atomic mass is 35.5. The van der Waals surface area contributed by atoms with Gasteiger partial charge in [0.05, 0.1) is 31.1 Å². The molecule has 0 aliphatic rings. The van der Waals surface area contributed by atoms with Gasteiger partial charge in [0.15, 0.2) is 11.5 Å². The molecular formula is C15H21ClN2O2S. The van der Waals surface area contributed by atoms with E-state index in [1.54, 1.807) is 14.2 Å². The van der Waals surface area contributed by atoms with Crippen LogP contribution in [-0.2, 0) is 12.4 Å². The van der Waals surface area contributed by atoms with Gasteiger partial charge in [-0.2, -0.15) is 11.8 Å². The molecule has 21 heavy (non-hydrogen) atoms. The Bertz CT molecular complexity index is 615. The zero-order chi connectivity index (χ0) is 15.4. The Hall–Kier alpha value is -1.07. The zero-order valence-corrected chi connectivity index (χ0v) is 14.4. The predicted molar refractivity (Wildman–Crippen MR) is 90.0 cm³/mol. The van der Waals surface area contributed by atoms with Gasteiger partial charge in [-0.3, -0.25) is 0 Å². The maximum absolute atomic E-state index is 6.05. The number of aromatic nitrogens is 2. The van der Waals surface area contributed by atoms with Crippen LogP contribution in [0.4, 0.5) is 0 Å². The Kier molecular flexibility index (Phi) is 5.65. The minimum atomic E-state index is 0.396. The third-order valence-corrected chi connectivity index (χ3v) is 4.89. The summed E-state index contributed by atoms with van der Waals surface area (Å²) in [5.41, 5.74) is 1.93. The molecule has 1 atom stereocenters. The van der Waals surface area contributed by atoms with Gasteiger partial charge in [-0.05, 0) is 12.7 Å². The first-order valence-corrected chi connectivity index (χ1v) is 8.66. The summed E-state index contributed by atoms with van der Waals surface area (Å²) in [5, 5.41) is 0.603. The number of ether oxygens (including phenoxy) is 2. The molecule has 2 rings (SSSR count). The Morgan fingerprint density at radius 1 is 1.29 bits per heavy atom. The van der Waals surface area contributed by atoms with Gasteiger partial charge in [-0.1, -0.05) is 6.92 Å². The SMILES string of the molecule is COc1cc2nc(CCl)n(CCC(C)SC)c2cc1OC. The number of benzene rings is 1. The molecule has 0 saturated heterocycles. The van der Waals surface area contributed by atoms with Crippen molar-refractivity contribution in [3.63, 3.8) is 0 Å². The predicted octanol–water partition coefficient (Wildman–Crippen LogP) is 3.93. The lowest BCUT2D eigenvalue weighted by Gasteiger charge is -2.12. The van der Waals surface area contributed by atoms with Crippen LogP contribution in [0.2, 0.25) is 0 Å². The Morgan fingerprint density at radius 3 is 2.52 bits per heavy atom. The molecule has 1 heterocycles. The molecule has 1 aromatic heterocycles. The maximum Gasteiger partial charge on any atom is 0.163 e. The normalized spacial score (nSPS) is 12.6. The Balaban J connectivity index is 2.46. The van der Waals surface area contributed by atoms with Crippen molar-refractivity contribution in [2.24, 2.45) is 0 Å². The molecule has 1 aromatic carbocycles. The van der Waals surface area contributed by atoms with Crippen molar-refractivity contribution in [2.75, 3.05) is 20.5 Å². The number of hydrogen-bond donors (Lipinski definition) is 0. The molecule has 0 saturated carbocycles. The molecule has 4 nitrogen and oxygen atoms in total. The van der Waals surface area contributed by atoms with Crippen LogP contribution < -0.4 is 9.47 Å². The molecule has 0 spiro atoms. The van der Waals surface area contributed by atoms with Crippen molar-refractivity contribution in [1.82, 2.24) is 9.55 Å². The van der Waals surface area contributed by atoms with Gasteiger partial charge in [0.25, 0.3) is 0 Å². The summed E-state index contributed by atoms with van der Waals surface area (Å²) in [4.78, 5) is 4.61. The van der Waals surface area contributed by atoms with Gasteiger partial charge in [0, 0.05) is 23.9 Å². The lowest BCUT2D eigenvalue weighted by Crippen LogP contribution is -2.07. The number of rotatable bonds is 7. The van der Waals surface area contributed by atoms with Gasteiger partial charge >= 0.3 is 0 Å². The fraction of sp³-hybridized carbons (Fsp3) is 0.533. The third-order valence-electron chi connectivity index (χ3n) is 3.61. The second-order valence-corrected chi connectivity index (χ2v) is 6.39. The average molecular weight is 329 g/mol. The van der Waals surface area contributed by atoms with Crippen LogP contribution in [0.5, 0.6) is 11.5 Å². The quantitative estimate of drug-likeness (QED) is 0.721. The number of alkyl halides is 1. The fourth-order valence-corrected chi connectivity index (χ4v) is 2.83. The number of imidazole rings is 1. The van der Waals surface area contributed by atoms with E-state index in [2.05, 4.69) is 22.7 Å². The minimum absolute atomic E-state index is 0.396. The van der Waals surface area contributed by atoms with Crippen LogP contribution >= 0.6 is 23.4 Å². The number of thioether (sulfide) groups is 1. The molecule has 6 heteroatoms. The van der Waals surface area contributed by atoms with Crippen LogP contribution in [0, 0.1) is 0 Å². The summed E-state index contributed by atoms with van der Waals surface area (Å²) in [7, 11) is 3.27. The number of halogens is 1. The van der Waals surface area contributed by atoms with Crippen molar-refractivity contribution in [3.05, 3.63) is 18.0 Å². The molecule has 0 aliphatic carbocycles. The van der Waals surface area contributed by atoms with Crippen molar-refractivity contribution >= 4 is 34.4 Å². The molecule has 1 unspecified atom stereocenters. The zero-order valence-electron chi connectivity index (χ0n) is 12.9. The van der Waals surface area contributed by atoms with E-state index in [4.69, 9.17) is 21.1 Å². The van der Waals surface area contributed by atoms with Gasteiger partial charge in [-0.15, -0.1) is 11.6 Å². The van der Waals surface area contributed by atoms with E-state index in [-0.39, 0.29) is 0 Å². The highest BCUT2D eigenvalue weighted by Gasteiger charge is 2.15. The minimum Gasteiger partial charge on any atom is -0.493 e. The van der Waals surface area contributed by atoms with Crippen LogP contribution in [0.3, 0.4) is 0 Å². The number of aryl methyl sites for hydroxylation is 1. The van der Waals surface area contributed by atoms with E-state index in [9.17, 15) is 0 Å². The summed E-state index contributed by atoms with van der Waals surface area (Å²) in [6.07, 6.45) is 3.21. The summed E-state index contributed by atoms with van der Waals surface area (Å²) >= 11 is 7.92. The topological polar surface area (TPSA) is 36.3 Å². The van der Waals surface area contributed by atoms with E-state index in [0.717, 1.165) is 29.8 Å². The van der Waals surface area contributed by atoms with Crippen molar-refractivity contribution in [2.45, 2.75) is 31.0 Å². The smallest absolute Gasteiger partial charge is 0.163 e. The molecule has 2 aromatic rings. The van der Waals surface area contributed by atoms with Crippen molar-refractivity contribution in [1.29, 1.82) is 0 Å². The van der Waals surface area contributed by atoms with Gasteiger partial charge in [-0.25, -0.2) is 4.98 Å². The molecule has 0 N–H and O–H groups in total. The van der Waals surface area contributed by atoms with Gasteiger partial charge in [0.1, 0.15) is 5.82 Å². The lowest BCUT2D eigenvalue weighted by molar-refractivity contribution is 0.355. The summed E-state index contributed by atoms with van der Waals surface area (Å²) in [6, 6.07) is 3.87. The monoisotopic (exact) mass is 328 g/mol. The van der Waals surface area contributed by atoms with Crippen molar-refractivity contribution in [3.8, 4) is 11.5 Å². The average Bonchev–Trinajstić information content (AvgIpc) is 2.87. The molecular weight excluding hydrogens is 308 g/mol. The highest BCUT2D eigenvalue weighted by Crippen LogP contribution is 2.33. The first-order valence-electron chi connectivity index (χ1n) is 6.84. The van der Waals surface area contributed by atoms with E-state index < -0.39 is 0 Å². The first-order chi connectivity index (χ1) is 10.1. The second kappa shape index (κ2) is 7.27. The molecule has 0 radical (unpaired) electrons. The number of methoxy groups -OCH3 is 2. The number of hydrogen-bond acceptors (Lipinski definition) is 4. The highest BCUT2D eigenvalue weighted by molar-refractivity contribution is 7.99. The summed E-state index contributed by atoms with van der Waals surface area (Å²) in [6.45, 7) is 3.13. The third kappa shape index (κ3) is 3.40. The van der Waals surface area contributed by atoms with Gasteiger partial charge in [0.2, 0.25) is 0 Å². The molecule has 116 valence electrons. The maximum atomic E-state index is 6.05. The molecule has 0 aliphatic heterocycles. The molecule has 0 amide bonds. The second-order valence-electron chi connectivity index (χ2n) is 4.84. The fourth-order valence-electron chi connectivity index (χ4n) is 2.28.